The number of nitrogens with zero attached hydrogens (tertiary/aromatic N) is 1. The zero-order chi connectivity index (χ0) is 10.7. The van der Waals surface area contributed by atoms with Crippen LogP contribution in [0.5, 0.6) is 0 Å². The van der Waals surface area contributed by atoms with Gasteiger partial charge in [-0.1, -0.05) is 12.8 Å². The first-order valence-electron chi connectivity index (χ1n) is 5.56. The summed E-state index contributed by atoms with van der Waals surface area (Å²) in [5.74, 6) is 1.08. The van der Waals surface area contributed by atoms with Crippen LogP contribution in [0, 0.1) is 6.92 Å². The number of hydrogen-bond acceptors (Lipinski definition) is 4. The van der Waals surface area contributed by atoms with E-state index >= 15 is 0 Å². The highest BCUT2D eigenvalue weighted by molar-refractivity contribution is 7.99. The third kappa shape index (κ3) is 2.95. The van der Waals surface area contributed by atoms with Gasteiger partial charge in [0.25, 0.3) is 0 Å². The number of thiazole rings is 1. The van der Waals surface area contributed by atoms with Crippen molar-refractivity contribution in [2.24, 2.45) is 5.73 Å². The standard InChI is InChI=1S/C11H18N2S2/c1-8-10(6-12)15-11(13-8)7-14-9-4-2-3-5-9/h9H,2-7,12H2,1H3. The predicted molar refractivity (Wildman–Crippen MR) is 68.3 cm³/mol. The van der Waals surface area contributed by atoms with Crippen LogP contribution in [0.3, 0.4) is 0 Å². The molecule has 1 fully saturated rings. The van der Waals surface area contributed by atoms with Gasteiger partial charge in [0.05, 0.1) is 5.69 Å². The topological polar surface area (TPSA) is 38.9 Å². The number of aromatic nitrogens is 1. The Bertz CT molecular complexity index is 316. The van der Waals surface area contributed by atoms with Crippen molar-refractivity contribution in [2.75, 3.05) is 0 Å². The molecule has 0 atom stereocenters. The first-order valence-corrected chi connectivity index (χ1v) is 7.43. The average Bonchev–Trinajstić information content (AvgIpc) is 2.83. The van der Waals surface area contributed by atoms with Gasteiger partial charge in [0.15, 0.2) is 0 Å². The molecule has 0 amide bonds. The Labute approximate surface area is 99.7 Å². The zero-order valence-corrected chi connectivity index (χ0v) is 10.8. The summed E-state index contributed by atoms with van der Waals surface area (Å²) in [6.45, 7) is 2.69. The molecule has 2 N–H and O–H groups in total. The van der Waals surface area contributed by atoms with E-state index in [1.165, 1.54) is 35.6 Å². The number of aryl methyl sites for hydroxylation is 1. The third-order valence-electron chi connectivity index (χ3n) is 2.87. The maximum absolute atomic E-state index is 5.65. The van der Waals surface area contributed by atoms with Crippen LogP contribution in [0.4, 0.5) is 0 Å². The molecule has 1 saturated carbocycles. The van der Waals surface area contributed by atoms with Crippen molar-refractivity contribution < 1.29 is 0 Å². The monoisotopic (exact) mass is 242 g/mol. The van der Waals surface area contributed by atoms with Crippen molar-refractivity contribution in [3.63, 3.8) is 0 Å². The molecule has 0 aromatic carbocycles. The highest BCUT2D eigenvalue weighted by atomic mass is 32.2. The molecule has 84 valence electrons. The van der Waals surface area contributed by atoms with E-state index in [4.69, 9.17) is 5.73 Å². The summed E-state index contributed by atoms with van der Waals surface area (Å²) in [5, 5.41) is 2.14. The lowest BCUT2D eigenvalue weighted by molar-refractivity contribution is 0.886. The second-order valence-electron chi connectivity index (χ2n) is 4.04. The van der Waals surface area contributed by atoms with Gasteiger partial charge < -0.3 is 5.73 Å². The Hall–Kier alpha value is -0.0600. The van der Waals surface area contributed by atoms with Gasteiger partial charge in [-0.2, -0.15) is 11.8 Å². The van der Waals surface area contributed by atoms with Crippen molar-refractivity contribution in [1.29, 1.82) is 0 Å². The lowest BCUT2D eigenvalue weighted by atomic mass is 10.4. The molecule has 1 aromatic rings. The van der Waals surface area contributed by atoms with E-state index in [1.54, 1.807) is 11.3 Å². The quantitative estimate of drug-likeness (QED) is 0.882. The van der Waals surface area contributed by atoms with Crippen LogP contribution in [0.1, 0.15) is 41.3 Å². The van der Waals surface area contributed by atoms with E-state index in [0.29, 0.717) is 6.54 Å². The molecule has 1 aliphatic rings. The first kappa shape index (κ1) is 11.4. The predicted octanol–water partition coefficient (Wildman–Crippen LogP) is 3.09. The van der Waals surface area contributed by atoms with E-state index in [2.05, 4.69) is 23.7 Å². The van der Waals surface area contributed by atoms with E-state index in [0.717, 1.165) is 16.7 Å². The third-order valence-corrected chi connectivity index (χ3v) is 5.61. The Balaban J connectivity index is 1.87. The zero-order valence-electron chi connectivity index (χ0n) is 9.16. The van der Waals surface area contributed by atoms with Gasteiger partial charge in [0, 0.05) is 22.4 Å². The van der Waals surface area contributed by atoms with Gasteiger partial charge >= 0.3 is 0 Å². The fraction of sp³-hybridized carbons (Fsp3) is 0.727. The second-order valence-corrected chi connectivity index (χ2v) is 6.49. The van der Waals surface area contributed by atoms with Gasteiger partial charge in [-0.3, -0.25) is 0 Å². The van der Waals surface area contributed by atoms with Crippen LogP contribution in [0.25, 0.3) is 0 Å². The summed E-state index contributed by atoms with van der Waals surface area (Å²) in [6, 6.07) is 0. The van der Waals surface area contributed by atoms with Crippen molar-refractivity contribution in [3.05, 3.63) is 15.6 Å². The van der Waals surface area contributed by atoms with Crippen molar-refractivity contribution >= 4 is 23.1 Å². The molecule has 1 heterocycles. The SMILES string of the molecule is Cc1nc(CSC2CCCC2)sc1CN. The summed E-state index contributed by atoms with van der Waals surface area (Å²) in [6.07, 6.45) is 5.64. The Kier molecular flexibility index (Phi) is 4.05. The fourth-order valence-electron chi connectivity index (χ4n) is 1.98. The minimum atomic E-state index is 0.637. The highest BCUT2D eigenvalue weighted by Crippen LogP contribution is 2.32. The van der Waals surface area contributed by atoms with Crippen LogP contribution in [0.2, 0.25) is 0 Å². The minimum Gasteiger partial charge on any atom is -0.326 e. The van der Waals surface area contributed by atoms with Crippen LogP contribution in [-0.4, -0.2) is 10.2 Å². The Morgan fingerprint density at radius 2 is 2.20 bits per heavy atom. The molecule has 1 aromatic heterocycles. The highest BCUT2D eigenvalue weighted by Gasteiger charge is 2.16. The van der Waals surface area contributed by atoms with Crippen LogP contribution < -0.4 is 5.73 Å². The van der Waals surface area contributed by atoms with Gasteiger partial charge in [-0.15, -0.1) is 11.3 Å². The van der Waals surface area contributed by atoms with Crippen LogP contribution in [0.15, 0.2) is 0 Å². The van der Waals surface area contributed by atoms with E-state index < -0.39 is 0 Å². The molecule has 1 aliphatic carbocycles. The average molecular weight is 242 g/mol. The number of hydrogen-bond donors (Lipinski definition) is 1. The summed E-state index contributed by atoms with van der Waals surface area (Å²) in [5.41, 5.74) is 6.78. The normalized spacial score (nSPS) is 17.5. The molecule has 2 rings (SSSR count). The van der Waals surface area contributed by atoms with Gasteiger partial charge in [0.2, 0.25) is 0 Å². The maximum atomic E-state index is 5.65. The van der Waals surface area contributed by atoms with Gasteiger partial charge in [-0.25, -0.2) is 4.98 Å². The molecular weight excluding hydrogens is 224 g/mol. The second kappa shape index (κ2) is 5.32. The molecule has 0 aliphatic heterocycles. The first-order chi connectivity index (χ1) is 7.29. The van der Waals surface area contributed by atoms with Crippen molar-refractivity contribution in [1.82, 2.24) is 4.98 Å². The molecule has 2 nitrogen and oxygen atoms in total. The van der Waals surface area contributed by atoms with E-state index in [1.807, 2.05) is 0 Å². The molecule has 0 bridgehead atoms. The van der Waals surface area contributed by atoms with E-state index in [9.17, 15) is 0 Å². The number of nitrogens with two attached hydrogens (primary N) is 1. The molecule has 4 heteroatoms. The van der Waals surface area contributed by atoms with E-state index in [-0.39, 0.29) is 0 Å². The summed E-state index contributed by atoms with van der Waals surface area (Å²) < 4.78 is 0. The van der Waals surface area contributed by atoms with Crippen LogP contribution in [-0.2, 0) is 12.3 Å². The van der Waals surface area contributed by atoms with Crippen LogP contribution >= 0.6 is 23.1 Å². The van der Waals surface area contributed by atoms with Gasteiger partial charge in [0.1, 0.15) is 5.01 Å². The maximum Gasteiger partial charge on any atom is 0.103 e. The Morgan fingerprint density at radius 1 is 1.47 bits per heavy atom. The molecule has 15 heavy (non-hydrogen) atoms. The smallest absolute Gasteiger partial charge is 0.103 e. The Morgan fingerprint density at radius 3 is 2.80 bits per heavy atom. The molecule has 0 spiro atoms. The lowest BCUT2D eigenvalue weighted by Crippen LogP contribution is -1.94. The summed E-state index contributed by atoms with van der Waals surface area (Å²) in [7, 11) is 0. The molecule has 0 radical (unpaired) electrons. The number of rotatable bonds is 4. The molecule has 0 unspecified atom stereocenters. The van der Waals surface area contributed by atoms with Crippen molar-refractivity contribution in [2.45, 2.75) is 50.2 Å². The fourth-order valence-corrected chi connectivity index (χ4v) is 4.28. The summed E-state index contributed by atoms with van der Waals surface area (Å²) >= 11 is 3.86. The van der Waals surface area contributed by atoms with Crippen molar-refractivity contribution in [3.8, 4) is 0 Å². The summed E-state index contributed by atoms with van der Waals surface area (Å²) in [4.78, 5) is 5.81. The largest absolute Gasteiger partial charge is 0.326 e. The lowest BCUT2D eigenvalue weighted by Gasteiger charge is -2.05. The van der Waals surface area contributed by atoms with Gasteiger partial charge in [-0.05, 0) is 19.8 Å². The number of thioether (sulfide) groups is 1. The molecular formula is C11H18N2S2. The minimum absolute atomic E-state index is 0.637. The molecule has 0 saturated heterocycles.